The number of nitrogens with two attached hydrogens (primary N) is 1. The van der Waals surface area contributed by atoms with Gasteiger partial charge in [0, 0.05) is 17.8 Å². The molecule has 0 unspecified atom stereocenters. The summed E-state index contributed by atoms with van der Waals surface area (Å²) in [5, 5.41) is 12.7. The molecule has 29 heavy (non-hydrogen) atoms. The summed E-state index contributed by atoms with van der Waals surface area (Å²) in [5.74, 6) is 0.688. The minimum atomic E-state index is -0.255. The van der Waals surface area contributed by atoms with E-state index < -0.39 is 0 Å². The predicted octanol–water partition coefficient (Wildman–Crippen LogP) is 3.51. The highest BCUT2D eigenvalue weighted by Gasteiger charge is 2.18. The summed E-state index contributed by atoms with van der Waals surface area (Å²) >= 11 is 1.18. The Morgan fingerprint density at radius 1 is 1.28 bits per heavy atom. The Hall–Kier alpha value is -3.41. The number of thiazole rings is 1. The van der Waals surface area contributed by atoms with Gasteiger partial charge < -0.3 is 20.7 Å². The van der Waals surface area contributed by atoms with Crippen LogP contribution in [0.2, 0.25) is 0 Å². The molecule has 8 heteroatoms. The largest absolute Gasteiger partial charge is 0.492 e. The molecular weight excluding hydrogens is 386 g/mol. The highest BCUT2D eigenvalue weighted by atomic mass is 32.1. The van der Waals surface area contributed by atoms with E-state index in [-0.39, 0.29) is 11.6 Å². The first-order chi connectivity index (χ1) is 14.0. The van der Waals surface area contributed by atoms with E-state index in [4.69, 9.17) is 15.7 Å². The number of nitriles is 1. The van der Waals surface area contributed by atoms with Gasteiger partial charge in [-0.05, 0) is 50.5 Å². The molecule has 148 valence electrons. The van der Waals surface area contributed by atoms with Crippen molar-refractivity contribution in [1.82, 2.24) is 9.88 Å². The third-order valence-corrected chi connectivity index (χ3v) is 5.01. The van der Waals surface area contributed by atoms with E-state index in [0.29, 0.717) is 27.7 Å². The van der Waals surface area contributed by atoms with E-state index in [1.54, 1.807) is 24.3 Å². The zero-order chi connectivity index (χ0) is 20.8. The first-order valence-electron chi connectivity index (χ1n) is 8.92. The van der Waals surface area contributed by atoms with E-state index in [0.717, 1.165) is 18.0 Å². The van der Waals surface area contributed by atoms with Crippen LogP contribution in [0.4, 0.5) is 16.6 Å². The Bertz CT molecular complexity index is 1040. The van der Waals surface area contributed by atoms with Crippen LogP contribution in [-0.4, -0.2) is 42.9 Å². The number of carbonyl (C=O) groups is 1. The third kappa shape index (κ3) is 5.31. The number of nitrogens with zero attached hydrogens (tertiary/aromatic N) is 3. The van der Waals surface area contributed by atoms with Crippen LogP contribution < -0.4 is 15.8 Å². The molecule has 3 N–H and O–H groups in total. The van der Waals surface area contributed by atoms with Gasteiger partial charge >= 0.3 is 0 Å². The molecule has 3 rings (SSSR count). The van der Waals surface area contributed by atoms with Crippen LogP contribution in [0.1, 0.15) is 20.8 Å². The van der Waals surface area contributed by atoms with Crippen LogP contribution in [0.3, 0.4) is 0 Å². The monoisotopic (exact) mass is 407 g/mol. The Balaban J connectivity index is 1.68. The van der Waals surface area contributed by atoms with Crippen LogP contribution in [-0.2, 0) is 0 Å². The molecule has 3 aromatic rings. The molecule has 0 saturated carbocycles. The molecule has 0 spiro atoms. The molecule has 0 saturated heterocycles. The summed E-state index contributed by atoms with van der Waals surface area (Å²) in [4.78, 5) is 19.4. The maximum absolute atomic E-state index is 12.7. The number of rotatable bonds is 8. The Morgan fingerprint density at radius 2 is 2.03 bits per heavy atom. The molecule has 0 radical (unpaired) electrons. The molecule has 2 aromatic carbocycles. The van der Waals surface area contributed by atoms with Crippen LogP contribution in [0, 0.1) is 11.3 Å². The Morgan fingerprint density at radius 3 is 2.72 bits per heavy atom. The van der Waals surface area contributed by atoms with Crippen molar-refractivity contribution in [1.29, 1.82) is 5.26 Å². The normalized spacial score (nSPS) is 10.6. The van der Waals surface area contributed by atoms with Crippen molar-refractivity contribution in [2.45, 2.75) is 0 Å². The highest BCUT2D eigenvalue weighted by Crippen LogP contribution is 2.30. The molecule has 0 aliphatic rings. The minimum Gasteiger partial charge on any atom is -0.492 e. The number of carbonyl (C=O) groups excluding carboxylic acids is 1. The number of nitrogens with one attached hydrogen (secondary N) is 1. The lowest BCUT2D eigenvalue weighted by Gasteiger charge is -2.11. The minimum absolute atomic E-state index is 0.161. The summed E-state index contributed by atoms with van der Waals surface area (Å²) in [7, 11) is 3.99. The van der Waals surface area contributed by atoms with E-state index in [2.05, 4.69) is 15.2 Å². The SMILES string of the molecule is CN(C)CCOc1ccc(Nc2nc(N)c(C(=O)c3cccc(C#N)c3)s2)cc1. The van der Waals surface area contributed by atoms with Crippen molar-refractivity contribution < 1.29 is 9.53 Å². The summed E-state index contributed by atoms with van der Waals surface area (Å²) in [5.41, 5.74) is 7.60. The second-order valence-corrected chi connectivity index (χ2v) is 7.56. The summed E-state index contributed by atoms with van der Waals surface area (Å²) in [6.45, 7) is 1.45. The Kier molecular flexibility index (Phi) is 6.44. The zero-order valence-electron chi connectivity index (χ0n) is 16.2. The van der Waals surface area contributed by atoms with Gasteiger partial charge in [-0.15, -0.1) is 0 Å². The van der Waals surface area contributed by atoms with Gasteiger partial charge in [0.05, 0.1) is 11.6 Å². The van der Waals surface area contributed by atoms with Gasteiger partial charge in [-0.3, -0.25) is 4.79 Å². The molecule has 1 heterocycles. The first kappa shape index (κ1) is 20.3. The average molecular weight is 407 g/mol. The van der Waals surface area contributed by atoms with E-state index in [1.807, 2.05) is 44.4 Å². The van der Waals surface area contributed by atoms with Crippen molar-refractivity contribution in [3.8, 4) is 11.8 Å². The number of ketones is 1. The Labute approximate surface area is 173 Å². The molecule has 0 aliphatic carbocycles. The van der Waals surface area contributed by atoms with Gasteiger partial charge in [-0.25, -0.2) is 4.98 Å². The third-order valence-electron chi connectivity index (χ3n) is 4.03. The smallest absolute Gasteiger partial charge is 0.206 e. The van der Waals surface area contributed by atoms with Gasteiger partial charge in [-0.2, -0.15) is 5.26 Å². The average Bonchev–Trinajstić information content (AvgIpc) is 3.08. The lowest BCUT2D eigenvalue weighted by atomic mass is 10.1. The molecule has 1 aromatic heterocycles. The molecular formula is C21H21N5O2S. The van der Waals surface area contributed by atoms with Gasteiger partial charge in [0.2, 0.25) is 5.78 Å². The fraction of sp³-hybridized carbons (Fsp3) is 0.190. The highest BCUT2D eigenvalue weighted by molar-refractivity contribution is 7.18. The van der Waals surface area contributed by atoms with Gasteiger partial charge in [0.15, 0.2) is 5.13 Å². The quantitative estimate of drug-likeness (QED) is 0.551. The summed E-state index contributed by atoms with van der Waals surface area (Å²) in [6.07, 6.45) is 0. The predicted molar refractivity (Wildman–Crippen MR) is 115 cm³/mol. The maximum Gasteiger partial charge on any atom is 0.206 e. The van der Waals surface area contributed by atoms with E-state index in [1.165, 1.54) is 11.3 Å². The van der Waals surface area contributed by atoms with Crippen molar-refractivity contribution in [3.05, 3.63) is 64.5 Å². The van der Waals surface area contributed by atoms with Gasteiger partial charge in [-0.1, -0.05) is 23.5 Å². The van der Waals surface area contributed by atoms with Gasteiger partial charge in [0.25, 0.3) is 0 Å². The second kappa shape index (κ2) is 9.19. The van der Waals surface area contributed by atoms with Crippen molar-refractivity contribution in [2.24, 2.45) is 0 Å². The first-order valence-corrected chi connectivity index (χ1v) is 9.73. The van der Waals surface area contributed by atoms with Crippen LogP contribution in [0.5, 0.6) is 5.75 Å². The van der Waals surface area contributed by atoms with Gasteiger partial charge in [0.1, 0.15) is 23.1 Å². The standard InChI is InChI=1S/C21H21N5O2S/c1-26(2)10-11-28-17-8-6-16(7-9-17)24-21-25-20(23)19(29-21)18(27)15-5-3-4-14(12-15)13-22/h3-9,12H,10-11,23H2,1-2H3,(H,24,25). The van der Waals surface area contributed by atoms with Crippen LogP contribution >= 0.6 is 11.3 Å². The molecule has 0 bridgehead atoms. The number of benzene rings is 2. The lowest BCUT2D eigenvalue weighted by molar-refractivity contribution is 0.104. The van der Waals surface area contributed by atoms with Crippen LogP contribution in [0.25, 0.3) is 0 Å². The second-order valence-electron chi connectivity index (χ2n) is 6.56. The lowest BCUT2D eigenvalue weighted by Crippen LogP contribution is -2.19. The number of aromatic nitrogens is 1. The number of anilines is 3. The number of ether oxygens (including phenoxy) is 1. The summed E-state index contributed by atoms with van der Waals surface area (Å²) < 4.78 is 5.67. The topological polar surface area (TPSA) is 104 Å². The number of hydrogen-bond donors (Lipinski definition) is 2. The van der Waals surface area contributed by atoms with Crippen molar-refractivity contribution in [3.63, 3.8) is 0 Å². The zero-order valence-corrected chi connectivity index (χ0v) is 17.0. The number of hydrogen-bond acceptors (Lipinski definition) is 8. The fourth-order valence-corrected chi connectivity index (χ4v) is 3.38. The molecule has 0 aliphatic heterocycles. The molecule has 0 fully saturated rings. The van der Waals surface area contributed by atoms with Crippen molar-refractivity contribution in [2.75, 3.05) is 38.3 Å². The van der Waals surface area contributed by atoms with E-state index >= 15 is 0 Å². The molecule has 7 nitrogen and oxygen atoms in total. The molecule has 0 amide bonds. The maximum atomic E-state index is 12.7. The van der Waals surface area contributed by atoms with Crippen molar-refractivity contribution >= 4 is 33.8 Å². The fourth-order valence-electron chi connectivity index (χ4n) is 2.51. The number of nitrogen functional groups attached to an aromatic ring is 1. The summed E-state index contributed by atoms with van der Waals surface area (Å²) in [6, 6.07) is 16.0. The van der Waals surface area contributed by atoms with E-state index in [9.17, 15) is 4.79 Å². The van der Waals surface area contributed by atoms with Crippen LogP contribution in [0.15, 0.2) is 48.5 Å². The number of likely N-dealkylation sites (N-methyl/N-ethyl adjacent to an activating group) is 1. The molecule has 0 atom stereocenters.